The fourth-order valence-corrected chi connectivity index (χ4v) is 10.1. The van der Waals surface area contributed by atoms with E-state index in [1.165, 1.54) is 75.7 Å². The number of nitrogens with zero attached hydrogens (tertiary/aromatic N) is 4. The number of aromatic nitrogens is 3. The first-order valence-electron chi connectivity index (χ1n) is 10.7. The molecule has 0 radical (unpaired) electrons. The van der Waals surface area contributed by atoms with Gasteiger partial charge >= 0.3 is 0 Å². The number of unbranched alkanes of at least 4 members (excludes halogenated alkanes) is 4. The van der Waals surface area contributed by atoms with E-state index in [4.69, 9.17) is 0 Å². The topological polar surface area (TPSA) is 41.9 Å². The van der Waals surface area contributed by atoms with E-state index < -0.39 is 0 Å². The Labute approximate surface area is 202 Å². The molecule has 29 heavy (non-hydrogen) atoms. The van der Waals surface area contributed by atoms with Crippen LogP contribution in [0.2, 0.25) is 0 Å². The predicted octanol–water partition coefficient (Wildman–Crippen LogP) is 6.68. The third-order valence-corrected chi connectivity index (χ3v) is 11.7. The Morgan fingerprint density at radius 1 is 0.724 bits per heavy atom. The number of hydrogen-bond acceptors (Lipinski definition) is 10. The molecular weight excluding hydrogens is 477 g/mol. The Kier molecular flexibility index (Phi) is 12.0. The normalized spacial score (nSPS) is 21.7. The highest BCUT2D eigenvalue weighted by Crippen LogP contribution is 2.40. The summed E-state index contributed by atoms with van der Waals surface area (Å²) in [5, 5.41) is 2.68. The zero-order valence-electron chi connectivity index (χ0n) is 16.9. The summed E-state index contributed by atoms with van der Waals surface area (Å²) in [6.45, 7) is 2.01. The molecule has 10 heteroatoms. The van der Waals surface area contributed by atoms with E-state index in [0.29, 0.717) is 10.3 Å². The summed E-state index contributed by atoms with van der Waals surface area (Å²) in [7, 11) is 8.26. The van der Waals surface area contributed by atoms with Crippen LogP contribution < -0.4 is 4.90 Å². The molecule has 0 spiro atoms. The van der Waals surface area contributed by atoms with Crippen LogP contribution in [0, 0.1) is 0 Å². The Morgan fingerprint density at radius 3 is 1.69 bits per heavy atom. The second-order valence-corrected chi connectivity index (χ2v) is 14.0. The van der Waals surface area contributed by atoms with Crippen LogP contribution in [-0.4, -0.2) is 50.0 Å². The Bertz CT molecular complexity index is 550. The van der Waals surface area contributed by atoms with Crippen molar-refractivity contribution in [2.45, 2.75) is 85.0 Å². The lowest BCUT2D eigenvalue weighted by Gasteiger charge is -2.23. The van der Waals surface area contributed by atoms with Gasteiger partial charge in [0.05, 0.1) is 0 Å². The summed E-state index contributed by atoms with van der Waals surface area (Å²) < 4.78 is 0. The molecule has 2 aliphatic heterocycles. The number of hydrogen-bond donors (Lipinski definition) is 2. The largest absolute Gasteiger partial charge is 0.341 e. The van der Waals surface area contributed by atoms with Gasteiger partial charge in [-0.2, -0.15) is 15.0 Å². The highest BCUT2D eigenvalue weighted by atomic mass is 33.1. The SMILES string of the molecule is Sc1nc(S)nc(N(CCCCCC2CCSS2)CCCCCC2CCSS2)n1. The highest BCUT2D eigenvalue weighted by molar-refractivity contribution is 8.77. The van der Waals surface area contributed by atoms with Crippen LogP contribution in [0.1, 0.15) is 64.2 Å². The van der Waals surface area contributed by atoms with Crippen LogP contribution in [0.3, 0.4) is 0 Å². The van der Waals surface area contributed by atoms with E-state index in [0.717, 1.165) is 29.5 Å². The van der Waals surface area contributed by atoms with Crippen molar-refractivity contribution in [3.05, 3.63) is 0 Å². The van der Waals surface area contributed by atoms with Gasteiger partial charge in [-0.25, -0.2) is 0 Å². The molecule has 2 saturated heterocycles. The average molecular weight is 509 g/mol. The number of thiol groups is 2. The maximum absolute atomic E-state index is 4.47. The van der Waals surface area contributed by atoms with Crippen molar-refractivity contribution in [3.63, 3.8) is 0 Å². The average Bonchev–Trinajstić information content (AvgIpc) is 3.39. The van der Waals surface area contributed by atoms with Crippen LogP contribution >= 0.6 is 68.4 Å². The smallest absolute Gasteiger partial charge is 0.230 e. The molecule has 3 heterocycles. The first-order valence-corrected chi connectivity index (χ1v) is 16.3. The van der Waals surface area contributed by atoms with Crippen LogP contribution in [0.4, 0.5) is 5.95 Å². The van der Waals surface area contributed by atoms with E-state index in [2.05, 4.69) is 66.7 Å². The van der Waals surface area contributed by atoms with Gasteiger partial charge in [-0.15, -0.1) is 25.3 Å². The van der Waals surface area contributed by atoms with Gasteiger partial charge in [0.2, 0.25) is 5.95 Å². The molecule has 0 saturated carbocycles. The molecule has 3 rings (SSSR count). The summed E-state index contributed by atoms with van der Waals surface area (Å²) in [5.41, 5.74) is 0. The zero-order chi connectivity index (χ0) is 20.3. The molecule has 0 N–H and O–H groups in total. The Balaban J connectivity index is 1.40. The van der Waals surface area contributed by atoms with Gasteiger partial charge in [0.25, 0.3) is 0 Å². The van der Waals surface area contributed by atoms with Gasteiger partial charge < -0.3 is 4.90 Å². The standard InChI is InChI=1S/C19H32N4S6/c24-18-20-17(21-19(25)22-18)23(11-5-1-3-7-15-9-13-26-28-15)12-6-2-4-8-16-10-14-27-29-16/h15-16H,1-14H2,(H2,20,21,22,24,25). The van der Waals surface area contributed by atoms with Gasteiger partial charge in [0.1, 0.15) is 0 Å². The van der Waals surface area contributed by atoms with Crippen molar-refractivity contribution in [2.24, 2.45) is 0 Å². The molecule has 4 nitrogen and oxygen atoms in total. The summed E-state index contributed by atoms with van der Waals surface area (Å²) in [5.74, 6) is 3.40. The zero-order valence-corrected chi connectivity index (χ0v) is 21.9. The lowest BCUT2D eigenvalue weighted by atomic mass is 10.1. The molecule has 2 atom stereocenters. The Hall–Kier alpha value is 0.910. The first-order chi connectivity index (χ1) is 14.2. The van der Waals surface area contributed by atoms with Crippen LogP contribution in [0.25, 0.3) is 0 Å². The van der Waals surface area contributed by atoms with Gasteiger partial charge in [-0.1, -0.05) is 68.9 Å². The summed E-state index contributed by atoms with van der Waals surface area (Å²) in [6, 6.07) is 0. The summed E-state index contributed by atoms with van der Waals surface area (Å²) >= 11 is 8.64. The molecule has 2 unspecified atom stereocenters. The monoisotopic (exact) mass is 508 g/mol. The minimum atomic E-state index is 0.455. The van der Waals surface area contributed by atoms with E-state index in [1.54, 1.807) is 0 Å². The van der Waals surface area contributed by atoms with E-state index in [9.17, 15) is 0 Å². The maximum atomic E-state index is 4.47. The van der Waals surface area contributed by atoms with E-state index in [-0.39, 0.29) is 0 Å². The molecule has 164 valence electrons. The van der Waals surface area contributed by atoms with Crippen molar-refractivity contribution in [2.75, 3.05) is 29.5 Å². The minimum Gasteiger partial charge on any atom is -0.341 e. The number of rotatable bonds is 13. The van der Waals surface area contributed by atoms with Crippen molar-refractivity contribution in [1.82, 2.24) is 15.0 Å². The second kappa shape index (κ2) is 14.1. The molecule has 2 aliphatic rings. The van der Waals surface area contributed by atoms with Crippen molar-refractivity contribution >= 4 is 74.4 Å². The van der Waals surface area contributed by atoms with Gasteiger partial charge in [0.15, 0.2) is 10.3 Å². The molecule has 0 aromatic carbocycles. The first kappa shape index (κ1) is 24.6. The third-order valence-electron chi connectivity index (χ3n) is 5.25. The van der Waals surface area contributed by atoms with Crippen molar-refractivity contribution in [3.8, 4) is 0 Å². The fourth-order valence-electron chi connectivity index (χ4n) is 3.63. The molecule has 0 aliphatic carbocycles. The molecule has 0 amide bonds. The molecule has 0 bridgehead atoms. The minimum absolute atomic E-state index is 0.455. The summed E-state index contributed by atoms with van der Waals surface area (Å²) in [6.07, 6.45) is 13.1. The van der Waals surface area contributed by atoms with Gasteiger partial charge in [-0.05, 0) is 38.5 Å². The molecule has 1 aromatic rings. The van der Waals surface area contributed by atoms with Gasteiger partial charge in [0, 0.05) is 35.1 Å². The summed E-state index contributed by atoms with van der Waals surface area (Å²) in [4.78, 5) is 15.3. The molecule has 2 fully saturated rings. The Morgan fingerprint density at radius 2 is 1.24 bits per heavy atom. The third kappa shape index (κ3) is 9.51. The van der Waals surface area contributed by atoms with E-state index in [1.807, 2.05) is 21.6 Å². The number of anilines is 1. The second-order valence-electron chi connectivity index (χ2n) is 7.58. The van der Waals surface area contributed by atoms with E-state index >= 15 is 0 Å². The van der Waals surface area contributed by atoms with Crippen LogP contribution in [-0.2, 0) is 0 Å². The van der Waals surface area contributed by atoms with Gasteiger partial charge in [-0.3, -0.25) is 0 Å². The van der Waals surface area contributed by atoms with Crippen LogP contribution in [0.5, 0.6) is 0 Å². The van der Waals surface area contributed by atoms with Crippen molar-refractivity contribution < 1.29 is 0 Å². The fraction of sp³-hybridized carbons (Fsp3) is 0.842. The van der Waals surface area contributed by atoms with Crippen molar-refractivity contribution in [1.29, 1.82) is 0 Å². The quantitative estimate of drug-likeness (QED) is 0.174. The lowest BCUT2D eigenvalue weighted by Crippen LogP contribution is -2.28. The lowest BCUT2D eigenvalue weighted by molar-refractivity contribution is 0.574. The maximum Gasteiger partial charge on any atom is 0.230 e. The van der Waals surface area contributed by atoms with Crippen LogP contribution in [0.15, 0.2) is 10.3 Å². The predicted molar refractivity (Wildman–Crippen MR) is 140 cm³/mol. The highest BCUT2D eigenvalue weighted by Gasteiger charge is 2.17. The molecule has 1 aromatic heterocycles. The molecular formula is C19H32N4S6.